The third-order valence-corrected chi connectivity index (χ3v) is 6.22. The van der Waals surface area contributed by atoms with Crippen molar-refractivity contribution < 1.29 is 14.6 Å². The van der Waals surface area contributed by atoms with Crippen molar-refractivity contribution in [3.63, 3.8) is 0 Å². The number of carbonyl (C=O) groups is 1. The number of halogens is 2. The maximum atomic E-state index is 12.6. The molecular formula is C21H14Br2N2O3. The fourth-order valence-corrected chi connectivity index (χ4v) is 3.48. The van der Waals surface area contributed by atoms with E-state index >= 15 is 0 Å². The van der Waals surface area contributed by atoms with E-state index in [1.807, 2.05) is 42.5 Å². The maximum absolute atomic E-state index is 12.6. The van der Waals surface area contributed by atoms with Crippen molar-refractivity contribution in [1.29, 1.82) is 5.26 Å². The number of fused-ring (bicyclic) bond motifs is 1. The molecule has 3 aromatic rings. The Bertz CT molecular complexity index is 1150. The zero-order valence-electron chi connectivity index (χ0n) is 14.7. The lowest BCUT2D eigenvalue weighted by Gasteiger charge is -2.10. The average molecular weight is 502 g/mol. The minimum absolute atomic E-state index is 0.0781. The minimum Gasteiger partial charge on any atom is -0.503 e. The molecular weight excluding hydrogens is 488 g/mol. The van der Waals surface area contributed by atoms with Gasteiger partial charge in [0, 0.05) is 10.2 Å². The molecule has 0 unspecified atom stereocenters. The van der Waals surface area contributed by atoms with Gasteiger partial charge in [-0.25, -0.2) is 0 Å². The number of amides is 1. The Labute approximate surface area is 178 Å². The maximum Gasteiger partial charge on any atom is 0.266 e. The van der Waals surface area contributed by atoms with Crippen LogP contribution in [0.4, 0.5) is 5.69 Å². The van der Waals surface area contributed by atoms with Gasteiger partial charge in [-0.3, -0.25) is 4.79 Å². The smallest absolute Gasteiger partial charge is 0.266 e. The van der Waals surface area contributed by atoms with E-state index in [-0.39, 0.29) is 17.1 Å². The summed E-state index contributed by atoms with van der Waals surface area (Å²) < 4.78 is 5.98. The first kappa shape index (κ1) is 19.9. The molecule has 0 aliphatic rings. The van der Waals surface area contributed by atoms with Crippen molar-refractivity contribution in [2.45, 2.75) is 0 Å². The second kappa shape index (κ2) is 8.46. The van der Waals surface area contributed by atoms with Crippen molar-refractivity contribution in [2.75, 3.05) is 12.4 Å². The Kier molecular flexibility index (Phi) is 6.02. The molecule has 0 saturated carbocycles. The second-order valence-electron chi connectivity index (χ2n) is 5.83. The quantitative estimate of drug-likeness (QED) is 0.358. The van der Waals surface area contributed by atoms with E-state index in [9.17, 15) is 15.2 Å². The normalized spacial score (nSPS) is 11.1. The standard InChI is InChI=1S/C21H14Br2N2O3/c1-28-17-10-14(18(22)19(23)20(17)26)8-15(11-24)21(27)25-16-7-6-12-4-2-3-5-13(12)9-16/h2-10,26H,1H3,(H,25,27)/b15-8-. The van der Waals surface area contributed by atoms with Gasteiger partial charge in [-0.05, 0) is 72.5 Å². The molecule has 0 atom stereocenters. The Hall–Kier alpha value is -2.82. The summed E-state index contributed by atoms with van der Waals surface area (Å²) >= 11 is 6.60. The highest BCUT2D eigenvalue weighted by Crippen LogP contribution is 2.42. The molecule has 3 rings (SSSR count). The predicted molar refractivity (Wildman–Crippen MR) is 116 cm³/mol. The average Bonchev–Trinajstić information content (AvgIpc) is 2.71. The topological polar surface area (TPSA) is 82.3 Å². The highest BCUT2D eigenvalue weighted by molar-refractivity contribution is 9.13. The van der Waals surface area contributed by atoms with Crippen molar-refractivity contribution in [3.8, 4) is 17.6 Å². The molecule has 0 saturated heterocycles. The van der Waals surface area contributed by atoms with Gasteiger partial charge in [0.05, 0.1) is 11.6 Å². The number of benzene rings is 3. The number of nitrogens with zero attached hydrogens (tertiary/aromatic N) is 1. The predicted octanol–water partition coefficient (Wildman–Crippen LogP) is 5.62. The van der Waals surface area contributed by atoms with Crippen molar-refractivity contribution in [2.24, 2.45) is 0 Å². The summed E-state index contributed by atoms with van der Waals surface area (Å²) in [6.45, 7) is 0. The van der Waals surface area contributed by atoms with E-state index in [2.05, 4.69) is 37.2 Å². The first-order valence-electron chi connectivity index (χ1n) is 8.11. The van der Waals surface area contributed by atoms with Crippen LogP contribution in [0.15, 0.2) is 63.0 Å². The molecule has 2 N–H and O–H groups in total. The van der Waals surface area contributed by atoms with Crippen LogP contribution in [0.2, 0.25) is 0 Å². The summed E-state index contributed by atoms with van der Waals surface area (Å²) in [6.07, 6.45) is 1.42. The zero-order valence-corrected chi connectivity index (χ0v) is 17.8. The molecule has 5 nitrogen and oxygen atoms in total. The molecule has 0 aliphatic carbocycles. The van der Waals surface area contributed by atoms with Crippen LogP contribution in [0, 0.1) is 11.3 Å². The molecule has 28 heavy (non-hydrogen) atoms. The first-order valence-corrected chi connectivity index (χ1v) is 9.70. The molecule has 0 aliphatic heterocycles. The number of nitrogens with one attached hydrogen (secondary N) is 1. The summed E-state index contributed by atoms with van der Waals surface area (Å²) in [5.41, 5.74) is 1.01. The van der Waals surface area contributed by atoms with Crippen molar-refractivity contribution in [3.05, 3.63) is 68.6 Å². The molecule has 0 fully saturated rings. The molecule has 7 heteroatoms. The van der Waals surface area contributed by atoms with Gasteiger partial charge >= 0.3 is 0 Å². The Morgan fingerprint density at radius 1 is 1.14 bits per heavy atom. The molecule has 0 bridgehead atoms. The number of nitriles is 1. The van der Waals surface area contributed by atoms with Crippen LogP contribution in [0.3, 0.4) is 0 Å². The lowest BCUT2D eigenvalue weighted by molar-refractivity contribution is -0.112. The second-order valence-corrected chi connectivity index (χ2v) is 7.42. The molecule has 1 amide bonds. The molecule has 0 aromatic heterocycles. The van der Waals surface area contributed by atoms with E-state index in [1.54, 1.807) is 6.07 Å². The van der Waals surface area contributed by atoms with Gasteiger partial charge in [0.1, 0.15) is 11.6 Å². The van der Waals surface area contributed by atoms with Crippen LogP contribution in [0.5, 0.6) is 11.5 Å². The summed E-state index contributed by atoms with van der Waals surface area (Å²) in [5.74, 6) is -0.396. The van der Waals surface area contributed by atoms with Gasteiger partial charge < -0.3 is 15.2 Å². The Morgan fingerprint density at radius 2 is 1.86 bits per heavy atom. The van der Waals surface area contributed by atoms with E-state index in [4.69, 9.17) is 4.74 Å². The number of ether oxygens (including phenoxy) is 1. The molecule has 0 radical (unpaired) electrons. The SMILES string of the molecule is COc1cc(/C=C(/C#N)C(=O)Nc2ccc3ccccc3c2)c(Br)c(Br)c1O. The van der Waals surface area contributed by atoms with E-state index in [0.717, 1.165) is 10.8 Å². The van der Waals surface area contributed by atoms with Gasteiger partial charge in [-0.2, -0.15) is 5.26 Å². The number of methoxy groups -OCH3 is 1. The number of anilines is 1. The summed E-state index contributed by atoms with van der Waals surface area (Å²) in [6, 6.07) is 16.8. The number of phenols is 1. The van der Waals surface area contributed by atoms with Gasteiger partial charge in [0.15, 0.2) is 11.5 Å². The Morgan fingerprint density at radius 3 is 2.54 bits per heavy atom. The molecule has 3 aromatic carbocycles. The van der Waals surface area contributed by atoms with E-state index in [1.165, 1.54) is 19.3 Å². The van der Waals surface area contributed by atoms with Crippen LogP contribution in [-0.2, 0) is 4.79 Å². The lowest BCUT2D eigenvalue weighted by Crippen LogP contribution is -2.13. The highest BCUT2D eigenvalue weighted by Gasteiger charge is 2.16. The third kappa shape index (κ3) is 4.03. The molecule has 0 spiro atoms. The van der Waals surface area contributed by atoms with Crippen LogP contribution in [0.25, 0.3) is 16.8 Å². The van der Waals surface area contributed by atoms with Crippen molar-refractivity contribution in [1.82, 2.24) is 0 Å². The largest absolute Gasteiger partial charge is 0.503 e. The zero-order chi connectivity index (χ0) is 20.3. The number of hydrogen-bond donors (Lipinski definition) is 2. The highest BCUT2D eigenvalue weighted by atomic mass is 79.9. The number of phenolic OH excluding ortho intramolecular Hbond substituents is 1. The Balaban J connectivity index is 1.93. The monoisotopic (exact) mass is 500 g/mol. The number of aromatic hydroxyl groups is 1. The van der Waals surface area contributed by atoms with E-state index < -0.39 is 5.91 Å². The molecule has 0 heterocycles. The van der Waals surface area contributed by atoms with Gasteiger partial charge in [-0.1, -0.05) is 30.3 Å². The minimum atomic E-state index is -0.534. The summed E-state index contributed by atoms with van der Waals surface area (Å²) in [7, 11) is 1.42. The van der Waals surface area contributed by atoms with Gasteiger partial charge in [0.2, 0.25) is 0 Å². The van der Waals surface area contributed by atoms with Crippen LogP contribution < -0.4 is 10.1 Å². The number of hydrogen-bond acceptors (Lipinski definition) is 4. The number of rotatable bonds is 4. The number of carbonyl (C=O) groups excluding carboxylic acids is 1. The fourth-order valence-electron chi connectivity index (χ4n) is 2.64. The van der Waals surface area contributed by atoms with Gasteiger partial charge in [-0.15, -0.1) is 0 Å². The van der Waals surface area contributed by atoms with Crippen LogP contribution in [0.1, 0.15) is 5.56 Å². The molecule has 140 valence electrons. The lowest BCUT2D eigenvalue weighted by atomic mass is 10.1. The summed E-state index contributed by atoms with van der Waals surface area (Å²) in [4.78, 5) is 12.6. The summed E-state index contributed by atoms with van der Waals surface area (Å²) in [5, 5.41) is 24.3. The van der Waals surface area contributed by atoms with Crippen LogP contribution in [-0.4, -0.2) is 18.1 Å². The first-order chi connectivity index (χ1) is 13.4. The van der Waals surface area contributed by atoms with Gasteiger partial charge in [0.25, 0.3) is 5.91 Å². The van der Waals surface area contributed by atoms with E-state index in [0.29, 0.717) is 20.2 Å². The van der Waals surface area contributed by atoms with Crippen molar-refractivity contribution >= 4 is 60.3 Å². The third-order valence-electron chi connectivity index (χ3n) is 4.07. The fraction of sp³-hybridized carbons (Fsp3) is 0.0476. The van der Waals surface area contributed by atoms with Crippen LogP contribution >= 0.6 is 31.9 Å².